The summed E-state index contributed by atoms with van der Waals surface area (Å²) < 4.78 is 0. The summed E-state index contributed by atoms with van der Waals surface area (Å²) in [6, 6.07) is 5.36. The molecule has 0 heterocycles. The van der Waals surface area contributed by atoms with Crippen LogP contribution in [0.15, 0.2) is 24.3 Å². The zero-order chi connectivity index (χ0) is 26.3. The molecular formula is C27H32N2O7. The third-order valence-electron chi connectivity index (χ3n) is 8.34. The Kier molecular flexibility index (Phi) is 6.77. The first-order valence-corrected chi connectivity index (χ1v) is 12.6. The number of rotatable bonds is 6. The molecule has 2 saturated carbocycles. The lowest BCUT2D eigenvalue weighted by atomic mass is 9.55. The van der Waals surface area contributed by atoms with Gasteiger partial charge in [0.15, 0.2) is 5.78 Å². The Bertz CT molecular complexity index is 1130. The van der Waals surface area contributed by atoms with Crippen LogP contribution < -0.4 is 0 Å². The maximum Gasteiger partial charge on any atom is 0.272 e. The van der Waals surface area contributed by atoms with E-state index in [0.717, 1.165) is 12.8 Å². The molecule has 192 valence electrons. The molecule has 0 atom stereocenters. The van der Waals surface area contributed by atoms with E-state index in [4.69, 9.17) is 0 Å². The topological polar surface area (TPSA) is 144 Å². The van der Waals surface area contributed by atoms with Crippen molar-refractivity contribution in [1.82, 2.24) is 0 Å². The van der Waals surface area contributed by atoms with Gasteiger partial charge in [-0.1, -0.05) is 38.5 Å². The first kappa shape index (κ1) is 25.6. The normalized spacial score (nSPS) is 18.9. The summed E-state index contributed by atoms with van der Waals surface area (Å²) in [7, 11) is 0. The highest BCUT2D eigenvalue weighted by molar-refractivity contribution is 6.00. The van der Waals surface area contributed by atoms with Gasteiger partial charge in [-0.3, -0.25) is 25.0 Å². The van der Waals surface area contributed by atoms with Crippen molar-refractivity contribution in [1.29, 1.82) is 0 Å². The van der Waals surface area contributed by atoms with Crippen molar-refractivity contribution >= 4 is 17.2 Å². The number of nitro groups is 2. The molecule has 0 amide bonds. The average Bonchev–Trinajstić information content (AvgIpc) is 2.84. The van der Waals surface area contributed by atoms with Gasteiger partial charge in [-0.25, -0.2) is 0 Å². The third-order valence-corrected chi connectivity index (χ3v) is 8.34. The SMILES string of the molecule is Cc1cc(O)c(C2(C(=O)C3(c4cc([N+](=O)[O-])c(C)cc4O)CCCCC3)CCCCC2)cc1[N+](=O)[O-]. The van der Waals surface area contributed by atoms with E-state index in [1.54, 1.807) is 13.8 Å². The van der Waals surface area contributed by atoms with Gasteiger partial charge in [-0.05, 0) is 51.7 Å². The number of phenolic OH excluding ortho intramolecular Hbond substituents is 2. The van der Waals surface area contributed by atoms with Gasteiger partial charge in [0.2, 0.25) is 0 Å². The van der Waals surface area contributed by atoms with Crippen LogP contribution in [-0.2, 0) is 15.6 Å². The van der Waals surface area contributed by atoms with Crippen LogP contribution in [0.5, 0.6) is 11.5 Å². The molecule has 9 nitrogen and oxygen atoms in total. The Morgan fingerprint density at radius 3 is 1.33 bits per heavy atom. The van der Waals surface area contributed by atoms with Crippen molar-refractivity contribution in [3.63, 3.8) is 0 Å². The number of hydrogen-bond acceptors (Lipinski definition) is 7. The van der Waals surface area contributed by atoms with Gasteiger partial charge in [0, 0.05) is 34.4 Å². The predicted octanol–water partition coefficient (Wildman–Crippen LogP) is 6.20. The summed E-state index contributed by atoms with van der Waals surface area (Å²) in [4.78, 5) is 37.4. The second kappa shape index (κ2) is 9.52. The minimum Gasteiger partial charge on any atom is -0.508 e. The quantitative estimate of drug-likeness (QED) is 0.357. The standard InChI is InChI=1S/C27H32N2O7/c1-17-13-23(30)19(15-21(17)28(33)34)26(9-5-3-6-10-26)25(32)27(11-7-4-8-12-27)20-16-22(29(35)36)18(2)14-24(20)31/h13-16,30-31H,3-12H2,1-2H3. The molecule has 0 radical (unpaired) electrons. The summed E-state index contributed by atoms with van der Waals surface area (Å²) in [5, 5.41) is 45.5. The molecule has 36 heavy (non-hydrogen) atoms. The van der Waals surface area contributed by atoms with Gasteiger partial charge in [0.05, 0.1) is 20.7 Å². The minimum atomic E-state index is -1.19. The highest BCUT2D eigenvalue weighted by atomic mass is 16.6. The number of Topliss-reactive ketones (excluding diaryl/α,β-unsaturated/α-hetero) is 1. The van der Waals surface area contributed by atoms with Gasteiger partial charge in [0.1, 0.15) is 11.5 Å². The summed E-state index contributed by atoms with van der Waals surface area (Å²) in [6.45, 7) is 3.09. The second-order valence-corrected chi connectivity index (χ2v) is 10.4. The lowest BCUT2D eigenvalue weighted by Gasteiger charge is -2.46. The largest absolute Gasteiger partial charge is 0.508 e. The fraction of sp³-hybridized carbons (Fsp3) is 0.519. The Labute approximate surface area is 209 Å². The fourth-order valence-corrected chi connectivity index (χ4v) is 6.53. The first-order chi connectivity index (χ1) is 17.0. The number of aromatic hydroxyl groups is 2. The second-order valence-electron chi connectivity index (χ2n) is 10.4. The molecule has 0 aliphatic heterocycles. The maximum absolute atomic E-state index is 14.9. The number of carbonyl (C=O) groups is 1. The van der Waals surface area contributed by atoms with Crippen LogP contribution in [0.25, 0.3) is 0 Å². The van der Waals surface area contributed by atoms with Crippen LogP contribution in [0.1, 0.15) is 86.5 Å². The van der Waals surface area contributed by atoms with Gasteiger partial charge < -0.3 is 10.2 Å². The van der Waals surface area contributed by atoms with Crippen molar-refractivity contribution in [3.05, 3.63) is 66.7 Å². The van der Waals surface area contributed by atoms with Crippen LogP contribution >= 0.6 is 0 Å². The van der Waals surface area contributed by atoms with E-state index in [0.29, 0.717) is 62.5 Å². The summed E-state index contributed by atoms with van der Waals surface area (Å²) in [5.41, 5.74) is -1.60. The zero-order valence-corrected chi connectivity index (χ0v) is 20.7. The summed E-state index contributed by atoms with van der Waals surface area (Å²) in [6.07, 6.45) is 6.30. The van der Waals surface area contributed by atoms with E-state index in [1.165, 1.54) is 24.3 Å². The molecule has 2 aliphatic rings. The monoisotopic (exact) mass is 496 g/mol. The molecule has 2 aromatic rings. The number of phenols is 2. The zero-order valence-electron chi connectivity index (χ0n) is 20.7. The number of nitro benzene ring substituents is 2. The molecule has 9 heteroatoms. The molecule has 0 bridgehead atoms. The lowest BCUT2D eigenvalue weighted by molar-refractivity contribution is -0.385. The summed E-state index contributed by atoms with van der Waals surface area (Å²) >= 11 is 0. The van der Waals surface area contributed by atoms with Crippen LogP contribution in [-0.4, -0.2) is 25.8 Å². The molecule has 2 fully saturated rings. The Morgan fingerprint density at radius 2 is 1.03 bits per heavy atom. The van der Waals surface area contributed by atoms with Crippen LogP contribution in [0.4, 0.5) is 11.4 Å². The van der Waals surface area contributed by atoms with Gasteiger partial charge in [-0.15, -0.1) is 0 Å². The van der Waals surface area contributed by atoms with Crippen molar-refractivity contribution in [2.45, 2.75) is 88.9 Å². The number of aryl methyl sites for hydroxylation is 2. The average molecular weight is 497 g/mol. The highest BCUT2D eigenvalue weighted by Crippen LogP contribution is 2.54. The summed E-state index contributed by atoms with van der Waals surface area (Å²) in [5.74, 6) is -0.520. The van der Waals surface area contributed by atoms with Crippen molar-refractivity contribution in [2.24, 2.45) is 0 Å². The van der Waals surface area contributed by atoms with Gasteiger partial charge >= 0.3 is 0 Å². The molecule has 0 aromatic heterocycles. The molecule has 4 rings (SSSR count). The van der Waals surface area contributed by atoms with E-state index < -0.39 is 20.7 Å². The smallest absolute Gasteiger partial charge is 0.272 e. The van der Waals surface area contributed by atoms with Crippen molar-refractivity contribution in [3.8, 4) is 11.5 Å². The third kappa shape index (κ3) is 4.10. The fourth-order valence-electron chi connectivity index (χ4n) is 6.53. The van der Waals surface area contributed by atoms with E-state index in [9.17, 15) is 35.2 Å². The first-order valence-electron chi connectivity index (χ1n) is 12.6. The molecule has 0 saturated heterocycles. The molecule has 0 spiro atoms. The predicted molar refractivity (Wildman–Crippen MR) is 134 cm³/mol. The Morgan fingerprint density at radius 1 is 0.694 bits per heavy atom. The molecule has 2 N–H and O–H groups in total. The number of hydrogen-bond donors (Lipinski definition) is 2. The maximum atomic E-state index is 14.9. The number of nitrogens with zero attached hydrogens (tertiary/aromatic N) is 2. The van der Waals surface area contributed by atoms with Crippen LogP contribution in [0, 0.1) is 34.1 Å². The number of carbonyl (C=O) groups excluding carboxylic acids is 1. The van der Waals surface area contributed by atoms with Gasteiger partial charge in [-0.2, -0.15) is 0 Å². The van der Waals surface area contributed by atoms with E-state index >= 15 is 0 Å². The molecular weight excluding hydrogens is 464 g/mol. The van der Waals surface area contributed by atoms with E-state index in [2.05, 4.69) is 0 Å². The van der Waals surface area contributed by atoms with Crippen LogP contribution in [0.3, 0.4) is 0 Å². The minimum absolute atomic E-state index is 0.154. The van der Waals surface area contributed by atoms with E-state index in [-0.39, 0.29) is 39.8 Å². The number of ketones is 1. The van der Waals surface area contributed by atoms with E-state index in [1.807, 2.05) is 0 Å². The Balaban J connectivity index is 1.98. The van der Waals surface area contributed by atoms with Crippen molar-refractivity contribution < 1.29 is 24.9 Å². The lowest BCUT2D eigenvalue weighted by Crippen LogP contribution is -2.51. The highest BCUT2D eigenvalue weighted by Gasteiger charge is 2.54. The van der Waals surface area contributed by atoms with Crippen molar-refractivity contribution in [2.75, 3.05) is 0 Å². The molecule has 0 unspecified atom stereocenters. The molecule has 2 aliphatic carbocycles. The molecule has 2 aromatic carbocycles. The van der Waals surface area contributed by atoms with Crippen LogP contribution in [0.2, 0.25) is 0 Å². The van der Waals surface area contributed by atoms with Gasteiger partial charge in [0.25, 0.3) is 11.4 Å². The Hall–Kier alpha value is -3.49. The number of benzene rings is 2.